The highest BCUT2D eigenvalue weighted by Crippen LogP contribution is 2.26. The summed E-state index contributed by atoms with van der Waals surface area (Å²) in [6, 6.07) is 7.50. The maximum Gasteiger partial charge on any atom is 0.119 e. The van der Waals surface area contributed by atoms with E-state index in [2.05, 4.69) is 9.55 Å². The molecule has 3 N–H and O–H groups in total. The van der Waals surface area contributed by atoms with E-state index < -0.39 is 0 Å². The number of nitrogens with zero attached hydrogens (tertiary/aromatic N) is 2. The average molecular weight is 243 g/mol. The number of hydrogen-bond acceptors (Lipinski definition) is 3. The Bertz CT molecular complexity index is 562. The lowest BCUT2D eigenvalue weighted by atomic mass is 10.1. The molecule has 1 aromatic heterocycles. The van der Waals surface area contributed by atoms with Gasteiger partial charge in [-0.2, -0.15) is 0 Å². The summed E-state index contributed by atoms with van der Waals surface area (Å²) in [5, 5.41) is 9.80. The maximum absolute atomic E-state index is 9.80. The Balaban J connectivity index is 1.92. The lowest BCUT2D eigenvalue weighted by Crippen LogP contribution is -2.22. The molecule has 18 heavy (non-hydrogen) atoms. The monoisotopic (exact) mass is 243 g/mol. The highest BCUT2D eigenvalue weighted by atomic mass is 16.3. The lowest BCUT2D eigenvalue weighted by Gasteiger charge is -2.22. The SMILES string of the molecule is NC1CCCn2c1cnc2Cc1ccccc1O. The van der Waals surface area contributed by atoms with E-state index in [4.69, 9.17) is 5.73 Å². The molecule has 3 rings (SSSR count). The number of benzene rings is 1. The maximum atomic E-state index is 9.80. The number of imidazole rings is 1. The Kier molecular flexibility index (Phi) is 2.80. The van der Waals surface area contributed by atoms with E-state index in [1.54, 1.807) is 6.07 Å². The molecule has 0 aliphatic carbocycles. The Morgan fingerprint density at radius 3 is 3.06 bits per heavy atom. The van der Waals surface area contributed by atoms with Crippen LogP contribution in [-0.2, 0) is 13.0 Å². The van der Waals surface area contributed by atoms with Crippen LogP contribution < -0.4 is 5.73 Å². The molecular weight excluding hydrogens is 226 g/mol. The number of phenolic OH excluding ortho intramolecular Hbond substituents is 1. The van der Waals surface area contributed by atoms with Crippen LogP contribution in [0.25, 0.3) is 0 Å². The van der Waals surface area contributed by atoms with Crippen LogP contribution in [-0.4, -0.2) is 14.7 Å². The number of aromatic nitrogens is 2. The molecule has 0 radical (unpaired) electrons. The van der Waals surface area contributed by atoms with E-state index in [9.17, 15) is 5.11 Å². The molecule has 0 amide bonds. The van der Waals surface area contributed by atoms with E-state index in [0.29, 0.717) is 12.2 Å². The zero-order valence-corrected chi connectivity index (χ0v) is 10.2. The van der Waals surface area contributed by atoms with Crippen molar-refractivity contribution in [2.45, 2.75) is 31.8 Å². The molecule has 0 spiro atoms. The summed E-state index contributed by atoms with van der Waals surface area (Å²) in [4.78, 5) is 4.46. The number of aromatic hydroxyl groups is 1. The summed E-state index contributed by atoms with van der Waals surface area (Å²) in [7, 11) is 0. The molecule has 1 aliphatic rings. The molecule has 4 heteroatoms. The highest BCUT2D eigenvalue weighted by Gasteiger charge is 2.20. The van der Waals surface area contributed by atoms with Gasteiger partial charge in [-0.25, -0.2) is 4.98 Å². The molecule has 1 aromatic carbocycles. The number of fused-ring (bicyclic) bond motifs is 1. The molecule has 4 nitrogen and oxygen atoms in total. The third-order valence-corrected chi connectivity index (χ3v) is 3.59. The minimum Gasteiger partial charge on any atom is -0.508 e. The van der Waals surface area contributed by atoms with Crippen LogP contribution in [0.2, 0.25) is 0 Å². The van der Waals surface area contributed by atoms with Gasteiger partial charge in [-0.05, 0) is 18.9 Å². The van der Waals surface area contributed by atoms with Crippen molar-refractivity contribution in [2.24, 2.45) is 5.73 Å². The van der Waals surface area contributed by atoms with Crippen molar-refractivity contribution in [3.8, 4) is 5.75 Å². The molecule has 1 unspecified atom stereocenters. The van der Waals surface area contributed by atoms with Gasteiger partial charge in [0, 0.05) is 24.6 Å². The molecule has 0 fully saturated rings. The Hall–Kier alpha value is -1.81. The van der Waals surface area contributed by atoms with E-state index in [-0.39, 0.29) is 6.04 Å². The van der Waals surface area contributed by atoms with Crippen molar-refractivity contribution in [2.75, 3.05) is 0 Å². The first-order chi connectivity index (χ1) is 8.75. The van der Waals surface area contributed by atoms with Gasteiger partial charge in [0.15, 0.2) is 0 Å². The second-order valence-corrected chi connectivity index (χ2v) is 4.81. The van der Waals surface area contributed by atoms with Gasteiger partial charge < -0.3 is 15.4 Å². The molecule has 2 heterocycles. The zero-order valence-electron chi connectivity index (χ0n) is 10.2. The van der Waals surface area contributed by atoms with Crippen LogP contribution in [0.1, 0.15) is 36.0 Å². The summed E-state index contributed by atoms with van der Waals surface area (Å²) in [6.07, 6.45) is 4.65. The average Bonchev–Trinajstić information content (AvgIpc) is 2.77. The number of para-hydroxylation sites is 1. The first-order valence-corrected chi connectivity index (χ1v) is 6.32. The van der Waals surface area contributed by atoms with Crippen LogP contribution in [0.15, 0.2) is 30.5 Å². The van der Waals surface area contributed by atoms with Crippen molar-refractivity contribution < 1.29 is 5.11 Å². The number of nitrogens with two attached hydrogens (primary N) is 1. The molecule has 1 atom stereocenters. The normalized spacial score (nSPS) is 18.6. The smallest absolute Gasteiger partial charge is 0.119 e. The third-order valence-electron chi connectivity index (χ3n) is 3.59. The molecule has 0 saturated carbocycles. The standard InChI is InChI=1S/C14H17N3O/c15-11-5-3-7-17-12(11)9-16-14(17)8-10-4-1-2-6-13(10)18/h1-2,4,6,9,11,18H,3,5,7-8,15H2. The fraction of sp³-hybridized carbons (Fsp3) is 0.357. The van der Waals surface area contributed by atoms with Crippen molar-refractivity contribution in [3.05, 3.63) is 47.5 Å². The van der Waals surface area contributed by atoms with Gasteiger partial charge in [-0.1, -0.05) is 18.2 Å². The molecule has 0 bridgehead atoms. The Labute approximate surface area is 106 Å². The van der Waals surface area contributed by atoms with Gasteiger partial charge >= 0.3 is 0 Å². The molecule has 94 valence electrons. The largest absolute Gasteiger partial charge is 0.508 e. The summed E-state index contributed by atoms with van der Waals surface area (Å²) in [5.41, 5.74) is 8.10. The summed E-state index contributed by atoms with van der Waals surface area (Å²) in [6.45, 7) is 0.978. The summed E-state index contributed by atoms with van der Waals surface area (Å²) >= 11 is 0. The van der Waals surface area contributed by atoms with E-state index in [0.717, 1.165) is 36.5 Å². The quantitative estimate of drug-likeness (QED) is 0.847. The fourth-order valence-corrected chi connectivity index (χ4v) is 2.57. The van der Waals surface area contributed by atoms with Crippen LogP contribution >= 0.6 is 0 Å². The zero-order chi connectivity index (χ0) is 12.5. The number of phenols is 1. The van der Waals surface area contributed by atoms with Gasteiger partial charge in [-0.15, -0.1) is 0 Å². The van der Waals surface area contributed by atoms with Gasteiger partial charge in [0.1, 0.15) is 11.6 Å². The summed E-state index contributed by atoms with van der Waals surface area (Å²) < 4.78 is 2.20. The van der Waals surface area contributed by atoms with Crippen LogP contribution in [0, 0.1) is 0 Å². The first-order valence-electron chi connectivity index (χ1n) is 6.32. The minimum absolute atomic E-state index is 0.101. The molecule has 1 aliphatic heterocycles. The van der Waals surface area contributed by atoms with Gasteiger partial charge in [0.25, 0.3) is 0 Å². The lowest BCUT2D eigenvalue weighted by molar-refractivity contribution is 0.450. The predicted octanol–water partition coefficient (Wildman–Crippen LogP) is 1.97. The highest BCUT2D eigenvalue weighted by molar-refractivity contribution is 5.34. The fourth-order valence-electron chi connectivity index (χ4n) is 2.57. The minimum atomic E-state index is 0.101. The number of rotatable bonds is 2. The second-order valence-electron chi connectivity index (χ2n) is 4.81. The van der Waals surface area contributed by atoms with Crippen LogP contribution in [0.5, 0.6) is 5.75 Å². The van der Waals surface area contributed by atoms with E-state index in [1.165, 1.54) is 0 Å². The second kappa shape index (κ2) is 4.46. The predicted molar refractivity (Wildman–Crippen MR) is 69.3 cm³/mol. The van der Waals surface area contributed by atoms with Gasteiger partial charge in [0.05, 0.1) is 11.9 Å². The van der Waals surface area contributed by atoms with Gasteiger partial charge in [0.2, 0.25) is 0 Å². The molecular formula is C14H17N3O. The third kappa shape index (κ3) is 1.88. The molecule has 0 saturated heterocycles. The van der Waals surface area contributed by atoms with E-state index in [1.807, 2.05) is 24.4 Å². The Morgan fingerprint density at radius 1 is 1.39 bits per heavy atom. The van der Waals surface area contributed by atoms with Crippen molar-refractivity contribution in [1.82, 2.24) is 9.55 Å². The van der Waals surface area contributed by atoms with Crippen molar-refractivity contribution >= 4 is 0 Å². The molecule has 2 aromatic rings. The summed E-state index contributed by atoms with van der Waals surface area (Å²) in [5.74, 6) is 1.32. The van der Waals surface area contributed by atoms with Crippen LogP contribution in [0.3, 0.4) is 0 Å². The van der Waals surface area contributed by atoms with E-state index >= 15 is 0 Å². The van der Waals surface area contributed by atoms with Crippen LogP contribution in [0.4, 0.5) is 0 Å². The van der Waals surface area contributed by atoms with Gasteiger partial charge in [-0.3, -0.25) is 0 Å². The van der Waals surface area contributed by atoms with Crippen molar-refractivity contribution in [3.63, 3.8) is 0 Å². The topological polar surface area (TPSA) is 64.1 Å². The van der Waals surface area contributed by atoms with Crippen molar-refractivity contribution in [1.29, 1.82) is 0 Å². The Morgan fingerprint density at radius 2 is 2.22 bits per heavy atom. The number of hydrogen-bond donors (Lipinski definition) is 2. The first kappa shape index (κ1) is 11.3.